The summed E-state index contributed by atoms with van der Waals surface area (Å²) >= 11 is 0. The maximum Gasteiger partial charge on any atom is 0.341 e. The summed E-state index contributed by atoms with van der Waals surface area (Å²) in [4.78, 5) is 26.2. The van der Waals surface area contributed by atoms with E-state index in [4.69, 9.17) is 9.84 Å². The zero-order valence-corrected chi connectivity index (χ0v) is 10.9. The van der Waals surface area contributed by atoms with Gasteiger partial charge in [-0.05, 0) is 24.3 Å². The molecule has 2 aromatic rings. The number of nitrogens with one attached hydrogen (secondary N) is 2. The predicted octanol–water partition coefficient (Wildman–Crippen LogP) is 2.19. The fourth-order valence-corrected chi connectivity index (χ4v) is 1.56. The van der Waals surface area contributed by atoms with Crippen molar-refractivity contribution >= 4 is 23.4 Å². The van der Waals surface area contributed by atoms with Crippen LogP contribution in [0.4, 0.5) is 16.2 Å². The van der Waals surface area contributed by atoms with Gasteiger partial charge in [0.25, 0.3) is 0 Å². The van der Waals surface area contributed by atoms with Crippen molar-refractivity contribution in [2.75, 3.05) is 17.2 Å². The smallest absolute Gasteiger partial charge is 0.341 e. The van der Waals surface area contributed by atoms with E-state index in [-0.39, 0.29) is 5.75 Å². The van der Waals surface area contributed by atoms with Crippen LogP contribution in [-0.2, 0) is 4.79 Å². The van der Waals surface area contributed by atoms with E-state index in [9.17, 15) is 9.59 Å². The van der Waals surface area contributed by atoms with Gasteiger partial charge in [-0.3, -0.25) is 4.98 Å². The van der Waals surface area contributed by atoms with E-state index >= 15 is 0 Å². The first-order valence-electron chi connectivity index (χ1n) is 6.07. The Balaban J connectivity index is 2.01. The van der Waals surface area contributed by atoms with Gasteiger partial charge in [0.15, 0.2) is 6.61 Å². The number of pyridine rings is 1. The van der Waals surface area contributed by atoms with Gasteiger partial charge < -0.3 is 20.5 Å². The van der Waals surface area contributed by atoms with Gasteiger partial charge in [-0.2, -0.15) is 0 Å². The lowest BCUT2D eigenvalue weighted by molar-refractivity contribution is -0.139. The molecule has 0 spiro atoms. The summed E-state index contributed by atoms with van der Waals surface area (Å²) in [5.74, 6) is -0.814. The first-order valence-corrected chi connectivity index (χ1v) is 6.07. The Morgan fingerprint density at radius 3 is 2.67 bits per heavy atom. The van der Waals surface area contributed by atoms with Crippen LogP contribution in [0.2, 0.25) is 0 Å². The van der Waals surface area contributed by atoms with Crippen LogP contribution in [0.15, 0.2) is 48.8 Å². The number of anilines is 2. The average molecular weight is 287 g/mol. The van der Waals surface area contributed by atoms with Gasteiger partial charge in [0.05, 0.1) is 17.6 Å². The molecule has 1 heterocycles. The highest BCUT2D eigenvalue weighted by Crippen LogP contribution is 2.23. The van der Waals surface area contributed by atoms with E-state index in [2.05, 4.69) is 15.6 Å². The number of amides is 2. The van der Waals surface area contributed by atoms with Crippen molar-refractivity contribution in [3.63, 3.8) is 0 Å². The quantitative estimate of drug-likeness (QED) is 0.782. The number of aromatic nitrogens is 1. The van der Waals surface area contributed by atoms with Gasteiger partial charge >= 0.3 is 12.0 Å². The molecule has 7 nitrogen and oxygen atoms in total. The number of carboxylic acids is 1. The third kappa shape index (κ3) is 4.50. The number of rotatable bonds is 5. The average Bonchev–Trinajstić information content (AvgIpc) is 2.47. The number of hydrogen-bond donors (Lipinski definition) is 3. The molecule has 3 N–H and O–H groups in total. The zero-order chi connectivity index (χ0) is 15.1. The normalized spacial score (nSPS) is 9.71. The zero-order valence-electron chi connectivity index (χ0n) is 10.9. The van der Waals surface area contributed by atoms with Crippen LogP contribution in [-0.4, -0.2) is 28.7 Å². The molecule has 1 aromatic heterocycles. The Morgan fingerprint density at radius 1 is 1.14 bits per heavy atom. The van der Waals surface area contributed by atoms with E-state index < -0.39 is 18.6 Å². The van der Waals surface area contributed by atoms with Crippen molar-refractivity contribution in [3.8, 4) is 5.75 Å². The molecular formula is C14H13N3O4. The SMILES string of the molecule is O=C(O)COc1ccccc1NC(=O)Nc1cccnc1. The highest BCUT2D eigenvalue weighted by Gasteiger charge is 2.09. The monoisotopic (exact) mass is 287 g/mol. The fraction of sp³-hybridized carbons (Fsp3) is 0.0714. The molecule has 0 saturated carbocycles. The van der Waals surface area contributed by atoms with Crippen molar-refractivity contribution in [1.29, 1.82) is 0 Å². The third-order valence-electron chi connectivity index (χ3n) is 2.41. The lowest BCUT2D eigenvalue weighted by atomic mass is 10.3. The van der Waals surface area contributed by atoms with E-state index in [1.54, 1.807) is 42.6 Å². The molecule has 108 valence electrons. The van der Waals surface area contributed by atoms with Crippen LogP contribution < -0.4 is 15.4 Å². The Bertz CT molecular complexity index is 631. The molecule has 0 aliphatic carbocycles. The molecule has 0 saturated heterocycles. The molecule has 0 fully saturated rings. The highest BCUT2D eigenvalue weighted by atomic mass is 16.5. The number of para-hydroxylation sites is 2. The Kier molecular flexibility index (Phi) is 4.70. The standard InChI is InChI=1S/C14H13N3O4/c18-13(19)9-21-12-6-2-1-5-11(12)17-14(20)16-10-4-3-7-15-8-10/h1-8H,9H2,(H,18,19)(H2,16,17,20). The number of aliphatic carboxylic acids is 1. The minimum atomic E-state index is -1.09. The number of nitrogens with zero attached hydrogens (tertiary/aromatic N) is 1. The maximum atomic E-state index is 11.9. The molecule has 2 amide bonds. The largest absolute Gasteiger partial charge is 0.480 e. The summed E-state index contributed by atoms with van der Waals surface area (Å²) in [6, 6.07) is 9.48. The first kappa shape index (κ1) is 14.3. The van der Waals surface area contributed by atoms with Crippen LogP contribution in [0.5, 0.6) is 5.75 Å². The number of ether oxygens (including phenoxy) is 1. The summed E-state index contributed by atoms with van der Waals surface area (Å²) in [5, 5.41) is 13.8. The van der Waals surface area contributed by atoms with E-state index in [1.807, 2.05) is 0 Å². The summed E-state index contributed by atoms with van der Waals surface area (Å²) in [5.41, 5.74) is 0.916. The van der Waals surface area contributed by atoms with Crippen LogP contribution in [0.1, 0.15) is 0 Å². The molecule has 21 heavy (non-hydrogen) atoms. The van der Waals surface area contributed by atoms with Crippen LogP contribution in [0.25, 0.3) is 0 Å². The van der Waals surface area contributed by atoms with Gasteiger partial charge in [0.2, 0.25) is 0 Å². The van der Waals surface area contributed by atoms with E-state index in [0.29, 0.717) is 11.4 Å². The Hall–Kier alpha value is -3.09. The number of carboxylic acid groups (broad SMARTS) is 1. The Morgan fingerprint density at radius 2 is 1.95 bits per heavy atom. The number of carbonyl (C=O) groups is 2. The second kappa shape index (κ2) is 6.90. The number of urea groups is 1. The molecule has 0 atom stereocenters. The molecule has 0 aliphatic heterocycles. The molecule has 7 heteroatoms. The van der Waals surface area contributed by atoms with E-state index in [1.165, 1.54) is 6.20 Å². The summed E-state index contributed by atoms with van der Waals surface area (Å²) in [7, 11) is 0. The van der Waals surface area contributed by atoms with Gasteiger partial charge in [0.1, 0.15) is 5.75 Å². The van der Waals surface area contributed by atoms with Gasteiger partial charge in [-0.15, -0.1) is 0 Å². The minimum Gasteiger partial charge on any atom is -0.480 e. The van der Waals surface area contributed by atoms with Gasteiger partial charge in [0, 0.05) is 6.20 Å². The molecule has 0 unspecified atom stereocenters. The third-order valence-corrected chi connectivity index (χ3v) is 2.41. The highest BCUT2D eigenvalue weighted by molar-refractivity contribution is 6.00. The molecule has 2 rings (SSSR count). The van der Waals surface area contributed by atoms with Gasteiger partial charge in [-0.25, -0.2) is 9.59 Å². The molecule has 0 bridgehead atoms. The lowest BCUT2D eigenvalue weighted by Gasteiger charge is -2.11. The van der Waals surface area contributed by atoms with Crippen LogP contribution in [0.3, 0.4) is 0 Å². The summed E-state index contributed by atoms with van der Waals surface area (Å²) < 4.78 is 5.10. The molecular weight excluding hydrogens is 274 g/mol. The van der Waals surface area contributed by atoms with Crippen molar-refractivity contribution in [2.45, 2.75) is 0 Å². The Labute approximate surface area is 120 Å². The van der Waals surface area contributed by atoms with E-state index in [0.717, 1.165) is 0 Å². The minimum absolute atomic E-state index is 0.279. The van der Waals surface area contributed by atoms with Crippen molar-refractivity contribution < 1.29 is 19.4 Å². The van der Waals surface area contributed by atoms with Crippen molar-refractivity contribution in [3.05, 3.63) is 48.8 Å². The second-order valence-electron chi connectivity index (χ2n) is 4.00. The van der Waals surface area contributed by atoms with Crippen LogP contribution in [0, 0.1) is 0 Å². The predicted molar refractivity (Wildman–Crippen MR) is 76.5 cm³/mol. The van der Waals surface area contributed by atoms with Crippen molar-refractivity contribution in [2.24, 2.45) is 0 Å². The number of benzene rings is 1. The van der Waals surface area contributed by atoms with Gasteiger partial charge in [-0.1, -0.05) is 12.1 Å². The maximum absolute atomic E-state index is 11.9. The first-order chi connectivity index (χ1) is 10.1. The number of carbonyl (C=O) groups excluding carboxylic acids is 1. The lowest BCUT2D eigenvalue weighted by Crippen LogP contribution is -2.20. The second-order valence-corrected chi connectivity index (χ2v) is 4.00. The topological polar surface area (TPSA) is 101 Å². The molecule has 0 aliphatic rings. The fourth-order valence-electron chi connectivity index (χ4n) is 1.56. The number of hydrogen-bond acceptors (Lipinski definition) is 4. The van der Waals surface area contributed by atoms with Crippen LogP contribution >= 0.6 is 0 Å². The summed E-state index contributed by atoms with van der Waals surface area (Å²) in [6.07, 6.45) is 3.10. The molecule has 1 aromatic carbocycles. The molecule has 0 radical (unpaired) electrons. The summed E-state index contributed by atoms with van der Waals surface area (Å²) in [6.45, 7) is -0.483. The van der Waals surface area contributed by atoms with Crippen molar-refractivity contribution in [1.82, 2.24) is 4.98 Å².